The molecule has 5 nitrogen and oxygen atoms in total. The molecule has 1 aliphatic rings. The Hall–Kier alpha value is -2.50. The maximum Gasteiger partial charge on any atom is 0.336 e. The Balaban J connectivity index is 1.40. The van der Waals surface area contributed by atoms with Crippen LogP contribution in [0.2, 0.25) is 0 Å². The number of aromatic nitrogens is 1. The van der Waals surface area contributed by atoms with Crippen molar-refractivity contribution >= 4 is 11.0 Å². The van der Waals surface area contributed by atoms with E-state index in [2.05, 4.69) is 33.0 Å². The molecule has 146 valence electrons. The number of piperazine rings is 1. The fraction of sp³-hybridized carbons (Fsp3) is 0.391. The van der Waals surface area contributed by atoms with E-state index in [9.17, 15) is 4.79 Å². The van der Waals surface area contributed by atoms with Crippen LogP contribution in [0.1, 0.15) is 22.4 Å². The van der Waals surface area contributed by atoms with Crippen molar-refractivity contribution in [2.24, 2.45) is 0 Å². The smallest absolute Gasteiger partial charge is 0.336 e. The minimum Gasteiger partial charge on any atom is -0.422 e. The van der Waals surface area contributed by atoms with E-state index >= 15 is 0 Å². The van der Waals surface area contributed by atoms with Gasteiger partial charge in [0.1, 0.15) is 5.58 Å². The molecule has 1 aromatic carbocycles. The average molecular weight is 377 g/mol. The molecule has 1 saturated heterocycles. The van der Waals surface area contributed by atoms with Gasteiger partial charge in [-0.1, -0.05) is 18.2 Å². The highest BCUT2D eigenvalue weighted by molar-refractivity contribution is 5.83. The molecule has 1 fully saturated rings. The van der Waals surface area contributed by atoms with E-state index in [4.69, 9.17) is 4.42 Å². The Morgan fingerprint density at radius 3 is 2.57 bits per heavy atom. The van der Waals surface area contributed by atoms with E-state index < -0.39 is 0 Å². The highest BCUT2D eigenvalue weighted by Gasteiger charge is 2.19. The minimum absolute atomic E-state index is 0.259. The molecule has 5 heteroatoms. The predicted molar refractivity (Wildman–Crippen MR) is 112 cm³/mol. The molecule has 1 aliphatic heterocycles. The van der Waals surface area contributed by atoms with Gasteiger partial charge in [0.25, 0.3) is 0 Å². The molecular weight excluding hydrogens is 350 g/mol. The Morgan fingerprint density at radius 1 is 1.04 bits per heavy atom. The SMILES string of the molecule is Cc1ccc2c(CN3CCN(CCc4ccccn4)CC3)cc(=O)oc2c1C. The molecular formula is C23H27N3O2. The van der Waals surface area contributed by atoms with Crippen molar-refractivity contribution in [2.45, 2.75) is 26.8 Å². The summed E-state index contributed by atoms with van der Waals surface area (Å²) >= 11 is 0. The lowest BCUT2D eigenvalue weighted by molar-refractivity contribution is 0.128. The number of fused-ring (bicyclic) bond motifs is 1. The van der Waals surface area contributed by atoms with Crippen molar-refractivity contribution in [3.63, 3.8) is 0 Å². The van der Waals surface area contributed by atoms with Crippen molar-refractivity contribution < 1.29 is 4.42 Å². The Bertz CT molecular complexity index is 1010. The highest BCUT2D eigenvalue weighted by Crippen LogP contribution is 2.24. The van der Waals surface area contributed by atoms with Gasteiger partial charge in [-0.15, -0.1) is 0 Å². The molecule has 4 rings (SSSR count). The first kappa shape index (κ1) is 18.8. The van der Waals surface area contributed by atoms with Crippen molar-refractivity contribution in [2.75, 3.05) is 32.7 Å². The lowest BCUT2D eigenvalue weighted by Gasteiger charge is -2.34. The van der Waals surface area contributed by atoms with Gasteiger partial charge in [-0.2, -0.15) is 0 Å². The molecule has 0 N–H and O–H groups in total. The number of rotatable bonds is 5. The summed E-state index contributed by atoms with van der Waals surface area (Å²) in [5.41, 5.74) is 4.89. The normalized spacial score (nSPS) is 15.9. The standard InChI is InChI=1S/C23H27N3O2/c1-17-6-7-21-19(15-22(27)28-23(21)18(17)2)16-26-13-11-25(12-14-26)10-8-20-5-3-4-9-24-20/h3-7,9,15H,8,10-14,16H2,1-2H3. The van der Waals surface area contributed by atoms with Crippen LogP contribution in [-0.2, 0) is 13.0 Å². The molecule has 0 unspecified atom stereocenters. The lowest BCUT2D eigenvalue weighted by atomic mass is 10.0. The van der Waals surface area contributed by atoms with Gasteiger partial charge in [-0.05, 0) is 42.7 Å². The van der Waals surface area contributed by atoms with Gasteiger partial charge in [0.15, 0.2) is 0 Å². The summed E-state index contributed by atoms with van der Waals surface area (Å²) < 4.78 is 5.51. The van der Waals surface area contributed by atoms with E-state index in [0.717, 1.165) is 79.0 Å². The maximum absolute atomic E-state index is 12.1. The van der Waals surface area contributed by atoms with E-state index in [1.165, 1.54) is 0 Å². The van der Waals surface area contributed by atoms with Crippen LogP contribution in [-0.4, -0.2) is 47.5 Å². The Labute approximate surface area is 165 Å². The molecule has 0 spiro atoms. The van der Waals surface area contributed by atoms with Crippen LogP contribution in [0.15, 0.2) is 51.8 Å². The van der Waals surface area contributed by atoms with Crippen LogP contribution in [0, 0.1) is 13.8 Å². The second-order valence-electron chi connectivity index (χ2n) is 7.66. The summed E-state index contributed by atoms with van der Waals surface area (Å²) in [5, 5.41) is 1.06. The number of benzene rings is 1. The second kappa shape index (κ2) is 8.25. The van der Waals surface area contributed by atoms with Gasteiger partial charge in [-0.3, -0.25) is 9.88 Å². The molecule has 0 atom stereocenters. The first-order valence-corrected chi connectivity index (χ1v) is 9.98. The third kappa shape index (κ3) is 4.16. The number of hydrogen-bond donors (Lipinski definition) is 0. The maximum atomic E-state index is 12.1. The van der Waals surface area contributed by atoms with Gasteiger partial charge >= 0.3 is 5.63 Å². The summed E-state index contributed by atoms with van der Waals surface area (Å²) in [6.07, 6.45) is 2.85. The predicted octanol–water partition coefficient (Wildman–Crippen LogP) is 3.17. The van der Waals surface area contributed by atoms with E-state index in [1.54, 1.807) is 6.07 Å². The molecule has 3 aromatic rings. The summed E-state index contributed by atoms with van der Waals surface area (Å²) in [5.74, 6) is 0. The van der Waals surface area contributed by atoms with Gasteiger partial charge in [0.2, 0.25) is 0 Å². The largest absolute Gasteiger partial charge is 0.422 e. The van der Waals surface area contributed by atoms with Crippen LogP contribution in [0.25, 0.3) is 11.0 Å². The first-order valence-electron chi connectivity index (χ1n) is 9.98. The quantitative estimate of drug-likeness (QED) is 0.639. The molecule has 3 heterocycles. The van der Waals surface area contributed by atoms with E-state index in [-0.39, 0.29) is 5.63 Å². The monoisotopic (exact) mass is 377 g/mol. The zero-order valence-electron chi connectivity index (χ0n) is 16.6. The molecule has 0 amide bonds. The zero-order valence-corrected chi connectivity index (χ0v) is 16.6. The fourth-order valence-electron chi connectivity index (χ4n) is 3.89. The number of hydrogen-bond acceptors (Lipinski definition) is 5. The fourth-order valence-corrected chi connectivity index (χ4v) is 3.89. The molecule has 0 saturated carbocycles. The van der Waals surface area contributed by atoms with Gasteiger partial charge in [0.05, 0.1) is 0 Å². The van der Waals surface area contributed by atoms with E-state index in [1.807, 2.05) is 32.2 Å². The van der Waals surface area contributed by atoms with Gasteiger partial charge in [0, 0.05) is 69.0 Å². The van der Waals surface area contributed by atoms with Gasteiger partial charge < -0.3 is 9.32 Å². The second-order valence-corrected chi connectivity index (χ2v) is 7.66. The third-order valence-corrected chi connectivity index (χ3v) is 5.79. The van der Waals surface area contributed by atoms with Crippen LogP contribution in [0.4, 0.5) is 0 Å². The van der Waals surface area contributed by atoms with Gasteiger partial charge in [-0.25, -0.2) is 4.79 Å². The van der Waals surface area contributed by atoms with Crippen LogP contribution >= 0.6 is 0 Å². The van der Waals surface area contributed by atoms with Crippen molar-refractivity contribution in [1.29, 1.82) is 0 Å². The zero-order chi connectivity index (χ0) is 19.5. The summed E-state index contributed by atoms with van der Waals surface area (Å²) in [4.78, 5) is 21.4. The molecule has 0 bridgehead atoms. The van der Waals surface area contributed by atoms with Crippen LogP contribution < -0.4 is 5.63 Å². The number of pyridine rings is 1. The molecule has 28 heavy (non-hydrogen) atoms. The Morgan fingerprint density at radius 2 is 1.82 bits per heavy atom. The lowest BCUT2D eigenvalue weighted by Crippen LogP contribution is -2.46. The third-order valence-electron chi connectivity index (χ3n) is 5.79. The molecule has 0 radical (unpaired) electrons. The Kier molecular flexibility index (Phi) is 5.55. The minimum atomic E-state index is -0.259. The summed E-state index contributed by atoms with van der Waals surface area (Å²) in [6.45, 7) is 10.0. The van der Waals surface area contributed by atoms with E-state index in [0.29, 0.717) is 0 Å². The van der Waals surface area contributed by atoms with Crippen LogP contribution in [0.5, 0.6) is 0 Å². The topological polar surface area (TPSA) is 49.6 Å². The van der Waals surface area contributed by atoms with Crippen molar-refractivity contribution in [3.8, 4) is 0 Å². The summed E-state index contributed by atoms with van der Waals surface area (Å²) in [7, 11) is 0. The van der Waals surface area contributed by atoms with Crippen molar-refractivity contribution in [1.82, 2.24) is 14.8 Å². The van der Waals surface area contributed by atoms with Crippen LogP contribution in [0.3, 0.4) is 0 Å². The summed E-state index contributed by atoms with van der Waals surface area (Å²) in [6, 6.07) is 11.9. The van der Waals surface area contributed by atoms with Crippen molar-refractivity contribution in [3.05, 3.63) is 75.4 Å². The molecule has 0 aliphatic carbocycles. The number of aryl methyl sites for hydroxylation is 2. The number of nitrogens with zero attached hydrogens (tertiary/aromatic N) is 3. The molecule has 2 aromatic heterocycles. The first-order chi connectivity index (χ1) is 13.6. The highest BCUT2D eigenvalue weighted by atomic mass is 16.4. The average Bonchev–Trinajstić information content (AvgIpc) is 2.71.